The van der Waals surface area contributed by atoms with Crippen molar-refractivity contribution in [1.29, 1.82) is 0 Å². The van der Waals surface area contributed by atoms with E-state index in [2.05, 4.69) is 5.32 Å². The highest BCUT2D eigenvalue weighted by molar-refractivity contribution is 7.91. The first kappa shape index (κ1) is 20.0. The fourth-order valence-corrected chi connectivity index (χ4v) is 3.97. The molecule has 0 bridgehead atoms. The Bertz CT molecular complexity index is 941. The van der Waals surface area contributed by atoms with Crippen molar-refractivity contribution < 1.29 is 27.4 Å². The van der Waals surface area contributed by atoms with Gasteiger partial charge >= 0.3 is 0 Å². The maximum absolute atomic E-state index is 12.5. The maximum Gasteiger partial charge on any atom is 0.221 e. The topological polar surface area (TPSA) is 90.9 Å². The van der Waals surface area contributed by atoms with Crippen molar-refractivity contribution in [2.75, 3.05) is 32.1 Å². The van der Waals surface area contributed by atoms with Crippen LogP contribution in [0, 0.1) is 6.92 Å². The van der Waals surface area contributed by atoms with Gasteiger partial charge in [-0.3, -0.25) is 4.79 Å². The van der Waals surface area contributed by atoms with E-state index in [9.17, 15) is 13.2 Å². The van der Waals surface area contributed by atoms with Crippen molar-refractivity contribution in [1.82, 2.24) is 5.32 Å². The number of sulfone groups is 1. The number of benzene rings is 2. The van der Waals surface area contributed by atoms with Crippen LogP contribution in [0.25, 0.3) is 0 Å². The Kier molecular flexibility index (Phi) is 6.41. The number of fused-ring (bicyclic) bond motifs is 1. The van der Waals surface area contributed by atoms with Gasteiger partial charge < -0.3 is 19.5 Å². The molecule has 1 aliphatic heterocycles. The Morgan fingerprint density at radius 3 is 2.68 bits per heavy atom. The summed E-state index contributed by atoms with van der Waals surface area (Å²) in [5, 5.41) is 2.67. The molecular weight excluding hydrogens is 382 g/mol. The van der Waals surface area contributed by atoms with Crippen LogP contribution in [-0.4, -0.2) is 46.4 Å². The lowest BCUT2D eigenvalue weighted by Gasteiger charge is -2.18. The zero-order valence-corrected chi connectivity index (χ0v) is 16.5. The molecule has 8 heteroatoms. The first-order valence-electron chi connectivity index (χ1n) is 9.03. The van der Waals surface area contributed by atoms with Gasteiger partial charge in [0.2, 0.25) is 5.91 Å². The molecule has 0 radical (unpaired) electrons. The molecule has 0 saturated heterocycles. The van der Waals surface area contributed by atoms with E-state index in [1.54, 1.807) is 6.07 Å². The second kappa shape index (κ2) is 8.97. The van der Waals surface area contributed by atoms with Crippen LogP contribution >= 0.6 is 0 Å². The van der Waals surface area contributed by atoms with E-state index in [1.165, 1.54) is 12.1 Å². The number of hydrogen-bond acceptors (Lipinski definition) is 6. The van der Waals surface area contributed by atoms with Crippen molar-refractivity contribution in [2.24, 2.45) is 0 Å². The van der Waals surface area contributed by atoms with Gasteiger partial charge in [-0.15, -0.1) is 0 Å². The molecule has 0 unspecified atom stereocenters. The molecular formula is C20H23NO6S. The zero-order chi connectivity index (χ0) is 20.0. The number of aryl methyl sites for hydroxylation is 1. The third-order valence-corrected chi connectivity index (χ3v) is 5.87. The molecule has 1 heterocycles. The van der Waals surface area contributed by atoms with Crippen LogP contribution in [0.3, 0.4) is 0 Å². The van der Waals surface area contributed by atoms with Crippen LogP contribution in [-0.2, 0) is 14.6 Å². The predicted molar refractivity (Wildman–Crippen MR) is 104 cm³/mol. The summed E-state index contributed by atoms with van der Waals surface area (Å²) in [4.78, 5) is 12.1. The van der Waals surface area contributed by atoms with E-state index in [4.69, 9.17) is 14.2 Å². The van der Waals surface area contributed by atoms with Gasteiger partial charge in [0.25, 0.3) is 0 Å². The Labute approximate surface area is 164 Å². The average Bonchev–Trinajstić information content (AvgIpc) is 2.69. The molecule has 1 aliphatic rings. The van der Waals surface area contributed by atoms with E-state index < -0.39 is 9.84 Å². The lowest BCUT2D eigenvalue weighted by Crippen LogP contribution is -2.29. The van der Waals surface area contributed by atoms with Crippen molar-refractivity contribution in [3.63, 3.8) is 0 Å². The highest BCUT2D eigenvalue weighted by atomic mass is 32.2. The molecule has 150 valence electrons. The maximum atomic E-state index is 12.5. The Morgan fingerprint density at radius 1 is 1.11 bits per heavy atom. The highest BCUT2D eigenvalue weighted by Crippen LogP contribution is 2.32. The highest BCUT2D eigenvalue weighted by Gasteiger charge is 2.20. The average molecular weight is 405 g/mol. The normalized spacial score (nSPS) is 13.0. The van der Waals surface area contributed by atoms with Crippen molar-refractivity contribution in [3.8, 4) is 17.2 Å². The van der Waals surface area contributed by atoms with E-state index in [0.29, 0.717) is 37.9 Å². The van der Waals surface area contributed by atoms with Crippen LogP contribution in [0.15, 0.2) is 47.4 Å². The summed E-state index contributed by atoms with van der Waals surface area (Å²) < 4.78 is 41.3. The van der Waals surface area contributed by atoms with Gasteiger partial charge in [-0.05, 0) is 36.8 Å². The largest absolute Gasteiger partial charge is 0.492 e. The SMILES string of the molecule is Cc1cccc(OCCNC(=O)CCS(=O)(=O)c2ccc3c(c2)OCCO3)c1. The number of carbonyl (C=O) groups excluding carboxylic acids is 1. The van der Waals surface area contributed by atoms with Gasteiger partial charge in [-0.25, -0.2) is 8.42 Å². The van der Waals surface area contributed by atoms with Crippen LogP contribution in [0.5, 0.6) is 17.2 Å². The lowest BCUT2D eigenvalue weighted by molar-refractivity contribution is -0.120. The first-order chi connectivity index (χ1) is 13.4. The van der Waals surface area contributed by atoms with Gasteiger partial charge in [0, 0.05) is 12.5 Å². The Hall–Kier alpha value is -2.74. The third-order valence-electron chi connectivity index (χ3n) is 4.15. The smallest absolute Gasteiger partial charge is 0.221 e. The molecule has 7 nitrogen and oxygen atoms in total. The molecule has 2 aromatic rings. The molecule has 1 N–H and O–H groups in total. The minimum atomic E-state index is -3.59. The van der Waals surface area contributed by atoms with Gasteiger partial charge in [0.1, 0.15) is 25.6 Å². The second-order valence-corrected chi connectivity index (χ2v) is 8.50. The first-order valence-corrected chi connectivity index (χ1v) is 10.7. The lowest BCUT2D eigenvalue weighted by atomic mass is 10.2. The summed E-state index contributed by atoms with van der Waals surface area (Å²) in [7, 11) is -3.59. The van der Waals surface area contributed by atoms with Crippen LogP contribution in [0.4, 0.5) is 0 Å². The molecule has 1 amide bonds. The number of carbonyl (C=O) groups is 1. The van der Waals surface area contributed by atoms with Crippen molar-refractivity contribution in [2.45, 2.75) is 18.2 Å². The molecule has 0 saturated carbocycles. The zero-order valence-electron chi connectivity index (χ0n) is 15.6. The summed E-state index contributed by atoms with van der Waals surface area (Å²) in [6.45, 7) is 3.40. The minimum absolute atomic E-state index is 0.118. The molecule has 2 aromatic carbocycles. The monoisotopic (exact) mass is 405 g/mol. The molecule has 0 aliphatic carbocycles. The van der Waals surface area contributed by atoms with Gasteiger partial charge in [0.15, 0.2) is 21.3 Å². The number of nitrogens with one attached hydrogen (secondary N) is 1. The fraction of sp³-hybridized carbons (Fsp3) is 0.350. The summed E-state index contributed by atoms with van der Waals surface area (Å²) in [6, 6.07) is 12.1. The Morgan fingerprint density at radius 2 is 1.89 bits per heavy atom. The quantitative estimate of drug-likeness (QED) is 0.677. The fourth-order valence-electron chi connectivity index (χ4n) is 2.71. The summed E-state index contributed by atoms with van der Waals surface area (Å²) >= 11 is 0. The van der Waals surface area contributed by atoms with Crippen LogP contribution in [0.2, 0.25) is 0 Å². The third kappa shape index (κ3) is 5.39. The van der Waals surface area contributed by atoms with E-state index >= 15 is 0 Å². The summed E-state index contributed by atoms with van der Waals surface area (Å²) in [5.74, 6) is 1.04. The van der Waals surface area contributed by atoms with Gasteiger partial charge in [-0.1, -0.05) is 12.1 Å². The van der Waals surface area contributed by atoms with E-state index in [0.717, 1.165) is 11.3 Å². The molecule has 28 heavy (non-hydrogen) atoms. The van der Waals surface area contributed by atoms with E-state index in [-0.39, 0.29) is 23.0 Å². The number of rotatable bonds is 8. The molecule has 3 rings (SSSR count). The molecule has 0 spiro atoms. The minimum Gasteiger partial charge on any atom is -0.492 e. The van der Waals surface area contributed by atoms with Crippen molar-refractivity contribution >= 4 is 15.7 Å². The van der Waals surface area contributed by atoms with E-state index in [1.807, 2.05) is 31.2 Å². The summed E-state index contributed by atoms with van der Waals surface area (Å²) in [5.41, 5.74) is 1.09. The molecule has 0 atom stereocenters. The molecule has 0 fully saturated rings. The number of hydrogen-bond donors (Lipinski definition) is 1. The summed E-state index contributed by atoms with van der Waals surface area (Å²) in [6.07, 6.45) is -0.124. The predicted octanol–water partition coefficient (Wildman–Crippen LogP) is 2.13. The second-order valence-electron chi connectivity index (χ2n) is 6.39. The number of ether oxygens (including phenoxy) is 3. The van der Waals surface area contributed by atoms with Crippen LogP contribution < -0.4 is 19.5 Å². The van der Waals surface area contributed by atoms with Crippen molar-refractivity contribution in [3.05, 3.63) is 48.0 Å². The van der Waals surface area contributed by atoms with Gasteiger partial charge in [-0.2, -0.15) is 0 Å². The molecule has 0 aromatic heterocycles. The van der Waals surface area contributed by atoms with Gasteiger partial charge in [0.05, 0.1) is 17.2 Å². The Balaban J connectivity index is 1.44. The van der Waals surface area contributed by atoms with Crippen LogP contribution in [0.1, 0.15) is 12.0 Å². The number of amides is 1. The standard InChI is InChI=1S/C20H23NO6S/c1-15-3-2-4-16(13-15)25-9-8-21-20(22)7-12-28(23,24)17-5-6-18-19(14-17)27-11-10-26-18/h2-6,13-14H,7-12H2,1H3,(H,21,22).